The summed E-state index contributed by atoms with van der Waals surface area (Å²) in [4.78, 5) is 0. The van der Waals surface area contributed by atoms with Crippen LogP contribution in [-0.4, -0.2) is 25.8 Å². The first-order chi connectivity index (χ1) is 3.91. The monoisotopic (exact) mass is 136 g/mol. The van der Waals surface area contributed by atoms with E-state index in [1.165, 1.54) is 0 Å². The maximum Gasteiger partial charge on any atom is 0.0893 e. The molecular formula is C5H12O2S. The van der Waals surface area contributed by atoms with Crippen LogP contribution in [0.5, 0.6) is 0 Å². The van der Waals surface area contributed by atoms with Crippen LogP contribution in [0.1, 0.15) is 6.92 Å². The van der Waals surface area contributed by atoms with E-state index in [1.807, 2.05) is 6.92 Å². The Hall–Kier alpha value is 0.270. The van der Waals surface area contributed by atoms with Gasteiger partial charge in [-0.05, 0) is 6.92 Å². The van der Waals surface area contributed by atoms with E-state index in [0.29, 0.717) is 19.2 Å². The maximum atomic E-state index is 4.98. The predicted molar refractivity (Wildman–Crippen MR) is 36.3 cm³/mol. The fraction of sp³-hybridized carbons (Fsp3) is 1.00. The Bertz CT molecular complexity index is 35.4. The molecule has 0 aromatic heterocycles. The second-order valence-electron chi connectivity index (χ2n) is 1.23. The Morgan fingerprint density at radius 1 is 1.25 bits per heavy atom. The highest BCUT2D eigenvalue weighted by molar-refractivity contribution is 7.80. The second-order valence-corrected chi connectivity index (χ2v) is 1.49. The van der Waals surface area contributed by atoms with E-state index >= 15 is 0 Å². The normalized spacial score (nSPS) is 9.75. The van der Waals surface area contributed by atoms with Crippen LogP contribution in [0.15, 0.2) is 0 Å². The molecule has 0 radical (unpaired) electrons. The Labute approximate surface area is 55.6 Å². The predicted octanol–water partition coefficient (Wildman–Crippen LogP) is 0.927. The van der Waals surface area contributed by atoms with Crippen molar-refractivity contribution >= 4 is 12.6 Å². The van der Waals surface area contributed by atoms with Crippen molar-refractivity contribution in [3.8, 4) is 0 Å². The van der Waals surface area contributed by atoms with E-state index in [-0.39, 0.29) is 0 Å². The van der Waals surface area contributed by atoms with Gasteiger partial charge in [0.25, 0.3) is 0 Å². The molecule has 0 unspecified atom stereocenters. The molecule has 2 nitrogen and oxygen atoms in total. The highest BCUT2D eigenvalue weighted by atomic mass is 32.1. The summed E-state index contributed by atoms with van der Waals surface area (Å²) >= 11 is 3.84. The van der Waals surface area contributed by atoms with Gasteiger partial charge in [-0.15, -0.1) is 0 Å². The van der Waals surface area contributed by atoms with Gasteiger partial charge in [-0.25, -0.2) is 0 Å². The van der Waals surface area contributed by atoms with Crippen LogP contribution >= 0.6 is 12.6 Å². The van der Waals surface area contributed by atoms with Crippen molar-refractivity contribution in [2.75, 3.05) is 25.8 Å². The molecule has 0 spiro atoms. The van der Waals surface area contributed by atoms with Gasteiger partial charge >= 0.3 is 0 Å². The third-order valence-corrected chi connectivity index (χ3v) is 0.850. The summed E-state index contributed by atoms with van der Waals surface area (Å²) in [7, 11) is 0. The molecule has 0 heterocycles. The lowest BCUT2D eigenvalue weighted by atomic mass is 10.7. The standard InChI is InChI=1S/C5H12O2S/c1-2-6-3-4-7-5-8/h8H,2-5H2,1H3. The van der Waals surface area contributed by atoms with Crippen molar-refractivity contribution in [3.05, 3.63) is 0 Å². The van der Waals surface area contributed by atoms with Crippen LogP contribution in [-0.2, 0) is 9.47 Å². The van der Waals surface area contributed by atoms with Gasteiger partial charge in [-0.1, -0.05) is 0 Å². The molecule has 3 heteroatoms. The van der Waals surface area contributed by atoms with Crippen LogP contribution in [0.2, 0.25) is 0 Å². The summed E-state index contributed by atoms with van der Waals surface area (Å²) in [6.07, 6.45) is 0. The first-order valence-electron chi connectivity index (χ1n) is 2.68. The number of thiol groups is 1. The molecule has 0 aliphatic heterocycles. The smallest absolute Gasteiger partial charge is 0.0893 e. The molecule has 0 atom stereocenters. The summed E-state index contributed by atoms with van der Waals surface area (Å²) in [6, 6.07) is 0. The van der Waals surface area contributed by atoms with Gasteiger partial charge in [0.1, 0.15) is 0 Å². The largest absolute Gasteiger partial charge is 0.379 e. The van der Waals surface area contributed by atoms with E-state index in [2.05, 4.69) is 12.6 Å². The molecule has 0 rings (SSSR count). The zero-order valence-corrected chi connectivity index (χ0v) is 5.99. The summed E-state index contributed by atoms with van der Waals surface area (Å²) < 4.78 is 9.85. The highest BCUT2D eigenvalue weighted by Crippen LogP contribution is 1.78. The number of hydrogen-bond acceptors (Lipinski definition) is 3. The Morgan fingerprint density at radius 2 is 1.88 bits per heavy atom. The van der Waals surface area contributed by atoms with Gasteiger partial charge in [-0.2, -0.15) is 12.6 Å². The van der Waals surface area contributed by atoms with Crippen LogP contribution in [0, 0.1) is 0 Å². The lowest BCUT2D eigenvalue weighted by Gasteiger charge is -1.98. The summed E-state index contributed by atoms with van der Waals surface area (Å²) in [6.45, 7) is 4.05. The lowest BCUT2D eigenvalue weighted by Crippen LogP contribution is -2.02. The van der Waals surface area contributed by atoms with E-state index < -0.39 is 0 Å². The molecule has 0 fully saturated rings. The zero-order chi connectivity index (χ0) is 6.24. The van der Waals surface area contributed by atoms with Crippen molar-refractivity contribution < 1.29 is 9.47 Å². The molecule has 0 aliphatic rings. The first kappa shape index (κ1) is 8.27. The molecule has 0 N–H and O–H groups in total. The molecule has 0 amide bonds. The van der Waals surface area contributed by atoms with Gasteiger partial charge in [0.05, 0.1) is 19.2 Å². The Morgan fingerprint density at radius 3 is 2.38 bits per heavy atom. The van der Waals surface area contributed by atoms with Gasteiger partial charge < -0.3 is 9.47 Å². The first-order valence-corrected chi connectivity index (χ1v) is 3.31. The topological polar surface area (TPSA) is 18.5 Å². The van der Waals surface area contributed by atoms with E-state index in [4.69, 9.17) is 9.47 Å². The van der Waals surface area contributed by atoms with Crippen LogP contribution in [0.3, 0.4) is 0 Å². The van der Waals surface area contributed by atoms with Gasteiger partial charge in [0, 0.05) is 6.61 Å². The molecule has 0 bridgehead atoms. The molecule has 0 aromatic carbocycles. The van der Waals surface area contributed by atoms with Crippen molar-refractivity contribution in [3.63, 3.8) is 0 Å². The minimum atomic E-state index is 0.479. The molecule has 0 saturated carbocycles. The Balaban J connectivity index is 2.53. The Kier molecular flexibility index (Phi) is 7.52. The average molecular weight is 136 g/mol. The van der Waals surface area contributed by atoms with E-state index in [1.54, 1.807) is 0 Å². The van der Waals surface area contributed by atoms with Crippen molar-refractivity contribution in [2.45, 2.75) is 6.92 Å². The van der Waals surface area contributed by atoms with Crippen LogP contribution in [0.25, 0.3) is 0 Å². The number of hydrogen-bond donors (Lipinski definition) is 1. The van der Waals surface area contributed by atoms with Crippen LogP contribution in [0.4, 0.5) is 0 Å². The van der Waals surface area contributed by atoms with Crippen LogP contribution < -0.4 is 0 Å². The van der Waals surface area contributed by atoms with E-state index in [0.717, 1.165) is 6.61 Å². The van der Waals surface area contributed by atoms with Gasteiger partial charge in [0.15, 0.2) is 0 Å². The van der Waals surface area contributed by atoms with Gasteiger partial charge in [-0.3, -0.25) is 0 Å². The lowest BCUT2D eigenvalue weighted by molar-refractivity contribution is 0.0725. The average Bonchev–Trinajstić information content (AvgIpc) is 1.81. The molecule has 8 heavy (non-hydrogen) atoms. The summed E-state index contributed by atoms with van der Waals surface area (Å²) in [5.41, 5.74) is 0. The van der Waals surface area contributed by atoms with E-state index in [9.17, 15) is 0 Å². The fourth-order valence-corrected chi connectivity index (χ4v) is 0.456. The zero-order valence-electron chi connectivity index (χ0n) is 5.09. The van der Waals surface area contributed by atoms with Crippen molar-refractivity contribution in [2.24, 2.45) is 0 Å². The summed E-state index contributed by atoms with van der Waals surface area (Å²) in [5, 5.41) is 0. The second kappa shape index (κ2) is 7.27. The SMILES string of the molecule is CCOCCOCS. The number of ether oxygens (including phenoxy) is 2. The fourth-order valence-electron chi connectivity index (χ4n) is 0.327. The van der Waals surface area contributed by atoms with Crippen molar-refractivity contribution in [1.29, 1.82) is 0 Å². The quantitative estimate of drug-likeness (QED) is 0.344. The molecule has 0 aromatic rings. The molecular weight excluding hydrogens is 124 g/mol. The molecule has 50 valence electrons. The number of rotatable bonds is 5. The third kappa shape index (κ3) is 6.27. The van der Waals surface area contributed by atoms with Crippen molar-refractivity contribution in [1.82, 2.24) is 0 Å². The van der Waals surface area contributed by atoms with Gasteiger partial charge in [0.2, 0.25) is 0 Å². The maximum absolute atomic E-state index is 4.98. The third-order valence-electron chi connectivity index (χ3n) is 0.667. The minimum Gasteiger partial charge on any atom is -0.379 e. The highest BCUT2D eigenvalue weighted by Gasteiger charge is 1.81. The molecule has 0 saturated heterocycles. The summed E-state index contributed by atoms with van der Waals surface area (Å²) in [5.74, 6) is 0.479. The molecule has 0 aliphatic carbocycles. The minimum absolute atomic E-state index is 0.479.